The Labute approximate surface area is 180 Å². The van der Waals surface area contributed by atoms with Crippen molar-refractivity contribution < 1.29 is 19.1 Å². The fourth-order valence-electron chi connectivity index (χ4n) is 2.89. The first-order valence-electron chi connectivity index (χ1n) is 9.85. The van der Waals surface area contributed by atoms with Crippen molar-refractivity contribution in [3.05, 3.63) is 65.9 Å². The molecule has 160 valence electrons. The van der Waals surface area contributed by atoms with Crippen LogP contribution in [-0.4, -0.2) is 34.6 Å². The van der Waals surface area contributed by atoms with Crippen molar-refractivity contribution in [2.24, 2.45) is 5.73 Å². The molecule has 31 heavy (non-hydrogen) atoms. The molecule has 0 spiro atoms. The van der Waals surface area contributed by atoms with Crippen LogP contribution in [0, 0.1) is 0 Å². The van der Waals surface area contributed by atoms with Crippen LogP contribution in [0.5, 0.6) is 5.75 Å². The lowest BCUT2D eigenvalue weighted by atomic mass is 10.1. The number of esters is 1. The second-order valence-corrected chi connectivity index (χ2v) is 6.93. The Morgan fingerprint density at radius 1 is 1.13 bits per heavy atom. The van der Waals surface area contributed by atoms with Gasteiger partial charge in [-0.2, -0.15) is 0 Å². The molecule has 2 aromatic carbocycles. The average Bonchev–Trinajstić information content (AvgIpc) is 2.74. The summed E-state index contributed by atoms with van der Waals surface area (Å²) in [4.78, 5) is 32.6. The molecule has 0 unspecified atom stereocenters. The van der Waals surface area contributed by atoms with Crippen molar-refractivity contribution in [3.63, 3.8) is 0 Å². The summed E-state index contributed by atoms with van der Waals surface area (Å²) in [6, 6.07) is 13.7. The molecule has 8 nitrogen and oxygen atoms in total. The fourth-order valence-corrected chi connectivity index (χ4v) is 2.89. The molecule has 0 aliphatic carbocycles. The van der Waals surface area contributed by atoms with Crippen molar-refractivity contribution in [2.45, 2.75) is 26.9 Å². The van der Waals surface area contributed by atoms with Crippen LogP contribution in [0.15, 0.2) is 54.7 Å². The highest BCUT2D eigenvalue weighted by molar-refractivity contribution is 5.97. The third-order valence-electron chi connectivity index (χ3n) is 4.19. The van der Waals surface area contributed by atoms with Gasteiger partial charge in [0.15, 0.2) is 0 Å². The normalized spacial score (nSPS) is 10.6. The van der Waals surface area contributed by atoms with E-state index < -0.39 is 11.9 Å². The molecule has 1 amide bonds. The van der Waals surface area contributed by atoms with Gasteiger partial charge < -0.3 is 20.5 Å². The molecule has 0 radical (unpaired) electrons. The van der Waals surface area contributed by atoms with Crippen LogP contribution >= 0.6 is 0 Å². The summed E-state index contributed by atoms with van der Waals surface area (Å²) in [5.74, 6) is -0.222. The van der Waals surface area contributed by atoms with Crippen molar-refractivity contribution in [2.75, 3.05) is 11.9 Å². The molecule has 3 aromatic rings. The van der Waals surface area contributed by atoms with Gasteiger partial charge in [-0.1, -0.05) is 6.07 Å². The molecule has 0 saturated carbocycles. The van der Waals surface area contributed by atoms with Crippen LogP contribution in [0.3, 0.4) is 0 Å². The standard InChI is InChI=1S/C23H24N4O4/c1-4-30-22(29)16-6-5-7-17(12-16)26-23-25-11-10-19(27-23)15-8-9-20(31-14(2)3)18(13-15)21(24)28/h5-14H,4H2,1-3H3,(H2,24,28)(H,25,26,27). The van der Waals surface area contributed by atoms with E-state index in [1.54, 1.807) is 61.7 Å². The van der Waals surface area contributed by atoms with Gasteiger partial charge in [0.1, 0.15) is 5.75 Å². The maximum absolute atomic E-state index is 11.9. The maximum atomic E-state index is 11.9. The molecule has 0 atom stereocenters. The van der Waals surface area contributed by atoms with Crippen molar-refractivity contribution in [3.8, 4) is 17.0 Å². The Morgan fingerprint density at radius 2 is 1.94 bits per heavy atom. The van der Waals surface area contributed by atoms with Crippen molar-refractivity contribution >= 4 is 23.5 Å². The third-order valence-corrected chi connectivity index (χ3v) is 4.19. The summed E-state index contributed by atoms with van der Waals surface area (Å²) in [5.41, 5.74) is 8.16. The van der Waals surface area contributed by atoms with Crippen LogP contribution < -0.4 is 15.8 Å². The van der Waals surface area contributed by atoms with E-state index >= 15 is 0 Å². The van der Waals surface area contributed by atoms with Gasteiger partial charge in [-0.3, -0.25) is 4.79 Å². The molecule has 0 saturated heterocycles. The monoisotopic (exact) mass is 420 g/mol. The SMILES string of the molecule is CCOC(=O)c1cccc(Nc2nccc(-c3ccc(OC(C)C)c(C(N)=O)c3)n2)c1. The number of hydrogen-bond donors (Lipinski definition) is 2. The average molecular weight is 420 g/mol. The highest BCUT2D eigenvalue weighted by Crippen LogP contribution is 2.27. The summed E-state index contributed by atoms with van der Waals surface area (Å²) in [7, 11) is 0. The number of anilines is 2. The number of primary amides is 1. The molecule has 8 heteroatoms. The summed E-state index contributed by atoms with van der Waals surface area (Å²) < 4.78 is 10.7. The molecule has 0 fully saturated rings. The van der Waals surface area contributed by atoms with Gasteiger partial charge in [0.05, 0.1) is 29.5 Å². The van der Waals surface area contributed by atoms with Gasteiger partial charge in [0.25, 0.3) is 5.91 Å². The summed E-state index contributed by atoms with van der Waals surface area (Å²) in [5, 5.41) is 3.08. The lowest BCUT2D eigenvalue weighted by molar-refractivity contribution is 0.0526. The predicted molar refractivity (Wildman–Crippen MR) is 117 cm³/mol. The largest absolute Gasteiger partial charge is 0.490 e. The van der Waals surface area contributed by atoms with E-state index in [0.29, 0.717) is 40.8 Å². The van der Waals surface area contributed by atoms with E-state index in [9.17, 15) is 9.59 Å². The molecule has 3 N–H and O–H groups in total. The van der Waals surface area contributed by atoms with Crippen LogP contribution in [0.2, 0.25) is 0 Å². The Morgan fingerprint density at radius 3 is 2.65 bits per heavy atom. The molecule has 1 aromatic heterocycles. The summed E-state index contributed by atoms with van der Waals surface area (Å²) in [6.07, 6.45) is 1.51. The van der Waals surface area contributed by atoms with Crippen LogP contribution in [0.4, 0.5) is 11.6 Å². The van der Waals surface area contributed by atoms with E-state index in [2.05, 4.69) is 15.3 Å². The van der Waals surface area contributed by atoms with Crippen LogP contribution in [0.25, 0.3) is 11.3 Å². The number of amides is 1. The number of nitrogens with one attached hydrogen (secondary N) is 1. The zero-order valence-electron chi connectivity index (χ0n) is 17.6. The molecule has 0 aliphatic rings. The second-order valence-electron chi connectivity index (χ2n) is 6.93. The highest BCUT2D eigenvalue weighted by Gasteiger charge is 2.14. The number of hydrogen-bond acceptors (Lipinski definition) is 7. The van der Waals surface area contributed by atoms with Crippen molar-refractivity contribution in [1.82, 2.24) is 9.97 Å². The van der Waals surface area contributed by atoms with E-state index in [1.165, 1.54) is 0 Å². The Kier molecular flexibility index (Phi) is 6.81. The van der Waals surface area contributed by atoms with E-state index in [0.717, 1.165) is 0 Å². The van der Waals surface area contributed by atoms with Gasteiger partial charge in [0.2, 0.25) is 5.95 Å². The van der Waals surface area contributed by atoms with Gasteiger partial charge in [-0.05, 0) is 63.2 Å². The topological polar surface area (TPSA) is 116 Å². The third kappa shape index (κ3) is 5.57. The minimum atomic E-state index is -0.583. The Balaban J connectivity index is 1.87. The number of benzene rings is 2. The van der Waals surface area contributed by atoms with E-state index in [4.69, 9.17) is 15.2 Å². The number of ether oxygens (including phenoxy) is 2. The van der Waals surface area contributed by atoms with E-state index in [-0.39, 0.29) is 11.7 Å². The molecule has 3 rings (SSSR count). The van der Waals surface area contributed by atoms with Gasteiger partial charge in [0, 0.05) is 17.4 Å². The maximum Gasteiger partial charge on any atom is 0.338 e. The number of rotatable bonds is 8. The fraction of sp³-hybridized carbons (Fsp3) is 0.217. The zero-order valence-corrected chi connectivity index (χ0v) is 17.6. The Hall–Kier alpha value is -3.94. The molecular weight excluding hydrogens is 396 g/mol. The summed E-state index contributed by atoms with van der Waals surface area (Å²) in [6.45, 7) is 5.80. The number of nitrogens with zero attached hydrogens (tertiary/aromatic N) is 2. The smallest absolute Gasteiger partial charge is 0.338 e. The minimum Gasteiger partial charge on any atom is -0.490 e. The van der Waals surface area contributed by atoms with Crippen molar-refractivity contribution in [1.29, 1.82) is 0 Å². The first-order chi connectivity index (χ1) is 14.9. The molecule has 0 aliphatic heterocycles. The minimum absolute atomic E-state index is 0.0934. The second kappa shape index (κ2) is 9.71. The lowest BCUT2D eigenvalue weighted by Crippen LogP contribution is -2.15. The van der Waals surface area contributed by atoms with Gasteiger partial charge >= 0.3 is 5.97 Å². The van der Waals surface area contributed by atoms with Crippen LogP contribution in [0.1, 0.15) is 41.5 Å². The number of carbonyl (C=O) groups is 2. The van der Waals surface area contributed by atoms with Gasteiger partial charge in [-0.25, -0.2) is 14.8 Å². The quantitative estimate of drug-likeness (QED) is 0.530. The molecular formula is C23H24N4O4. The number of aromatic nitrogens is 2. The highest BCUT2D eigenvalue weighted by atomic mass is 16.5. The van der Waals surface area contributed by atoms with Crippen LogP contribution in [-0.2, 0) is 4.74 Å². The summed E-state index contributed by atoms with van der Waals surface area (Å²) >= 11 is 0. The predicted octanol–water partition coefficient (Wildman–Crippen LogP) is 3.95. The number of nitrogens with two attached hydrogens (primary N) is 1. The first-order valence-corrected chi connectivity index (χ1v) is 9.85. The zero-order chi connectivity index (χ0) is 22.4. The number of carbonyl (C=O) groups excluding carboxylic acids is 2. The molecule has 0 bridgehead atoms. The molecule has 1 heterocycles. The Bertz CT molecular complexity index is 1100. The lowest BCUT2D eigenvalue weighted by Gasteiger charge is -2.14. The van der Waals surface area contributed by atoms with E-state index in [1.807, 2.05) is 13.8 Å². The van der Waals surface area contributed by atoms with Gasteiger partial charge in [-0.15, -0.1) is 0 Å². The first kappa shape index (κ1) is 21.8.